The summed E-state index contributed by atoms with van der Waals surface area (Å²) in [4.78, 5) is 0. The van der Waals surface area contributed by atoms with Crippen molar-refractivity contribution in [3.8, 4) is 16.9 Å². The van der Waals surface area contributed by atoms with Crippen molar-refractivity contribution in [1.82, 2.24) is 9.78 Å². The molecule has 0 radical (unpaired) electrons. The number of hydrogen-bond donors (Lipinski definition) is 2. The Hall–Kier alpha value is -3.68. The normalized spacial score (nSPS) is 11.8. The SMILES string of the molecule is Cc1cc(-c2c3ccccc3cc3ccccc23)n(-c2ccc(NS(N)(=O)=O)cc2)n1. The van der Waals surface area contributed by atoms with Gasteiger partial charge in [-0.2, -0.15) is 13.5 Å². The minimum atomic E-state index is -3.82. The molecule has 0 aliphatic carbocycles. The zero-order chi connectivity index (χ0) is 21.6. The lowest BCUT2D eigenvalue weighted by Crippen LogP contribution is -2.21. The highest BCUT2D eigenvalue weighted by Crippen LogP contribution is 2.37. The minimum absolute atomic E-state index is 0.396. The van der Waals surface area contributed by atoms with Gasteiger partial charge in [0.2, 0.25) is 0 Å². The first-order chi connectivity index (χ1) is 14.9. The molecule has 0 spiro atoms. The van der Waals surface area contributed by atoms with Crippen molar-refractivity contribution in [2.24, 2.45) is 5.14 Å². The van der Waals surface area contributed by atoms with Crippen LogP contribution < -0.4 is 9.86 Å². The average Bonchev–Trinajstić information content (AvgIpc) is 3.12. The van der Waals surface area contributed by atoms with Crippen LogP contribution in [0.3, 0.4) is 0 Å². The monoisotopic (exact) mass is 428 g/mol. The molecule has 31 heavy (non-hydrogen) atoms. The lowest BCUT2D eigenvalue weighted by Gasteiger charge is -2.14. The van der Waals surface area contributed by atoms with Crippen LogP contribution in [0.5, 0.6) is 0 Å². The van der Waals surface area contributed by atoms with Crippen molar-refractivity contribution in [3.63, 3.8) is 0 Å². The van der Waals surface area contributed by atoms with Crippen molar-refractivity contribution in [2.75, 3.05) is 4.72 Å². The van der Waals surface area contributed by atoms with Crippen LogP contribution in [0.2, 0.25) is 0 Å². The summed E-state index contributed by atoms with van der Waals surface area (Å²) in [7, 11) is -3.82. The Morgan fingerprint density at radius 1 is 0.839 bits per heavy atom. The van der Waals surface area contributed by atoms with Crippen LogP contribution in [-0.2, 0) is 10.2 Å². The Morgan fingerprint density at radius 3 is 2.00 bits per heavy atom. The van der Waals surface area contributed by atoms with E-state index in [4.69, 9.17) is 10.2 Å². The highest BCUT2D eigenvalue weighted by molar-refractivity contribution is 7.90. The third kappa shape index (κ3) is 3.65. The van der Waals surface area contributed by atoms with Gasteiger partial charge in [0.05, 0.1) is 17.1 Å². The number of rotatable bonds is 4. The third-order valence-electron chi connectivity index (χ3n) is 5.23. The van der Waals surface area contributed by atoms with Gasteiger partial charge < -0.3 is 0 Å². The average molecular weight is 429 g/mol. The predicted molar refractivity (Wildman–Crippen MR) is 125 cm³/mol. The summed E-state index contributed by atoms with van der Waals surface area (Å²) in [6, 6.07) is 27.9. The van der Waals surface area contributed by atoms with Crippen LogP contribution in [0.25, 0.3) is 38.5 Å². The van der Waals surface area contributed by atoms with Gasteiger partial charge in [-0.1, -0.05) is 48.5 Å². The molecule has 5 rings (SSSR count). The molecule has 5 aromatic rings. The molecule has 0 atom stereocenters. The molecule has 0 saturated carbocycles. The lowest BCUT2D eigenvalue weighted by molar-refractivity contribution is 0.603. The van der Waals surface area contributed by atoms with Crippen LogP contribution in [0.4, 0.5) is 5.69 Å². The predicted octanol–water partition coefficient (Wildman–Crippen LogP) is 4.77. The summed E-state index contributed by atoms with van der Waals surface area (Å²) >= 11 is 0. The van der Waals surface area contributed by atoms with Gasteiger partial charge >= 0.3 is 0 Å². The maximum absolute atomic E-state index is 11.3. The molecule has 1 heterocycles. The number of nitrogens with one attached hydrogen (secondary N) is 1. The Bertz CT molecular complexity index is 1480. The Morgan fingerprint density at radius 2 is 1.42 bits per heavy atom. The molecule has 0 amide bonds. The Kier molecular flexibility index (Phi) is 4.50. The maximum atomic E-state index is 11.3. The van der Waals surface area contributed by atoms with Crippen molar-refractivity contribution in [2.45, 2.75) is 6.92 Å². The number of nitrogens with zero attached hydrogens (tertiary/aromatic N) is 2. The molecule has 154 valence electrons. The van der Waals surface area contributed by atoms with Gasteiger partial charge in [0, 0.05) is 11.3 Å². The number of nitrogens with two attached hydrogens (primary N) is 1. The standard InChI is InChI=1S/C24H20N4O2S/c1-16-14-23(28(26-16)20-12-10-19(11-13-20)27-31(25,29)30)24-21-8-4-2-6-17(21)15-18-7-3-5-9-22(18)24/h2-15,27H,1H3,(H2,25,29,30). The van der Waals surface area contributed by atoms with E-state index < -0.39 is 10.2 Å². The first kappa shape index (κ1) is 19.3. The summed E-state index contributed by atoms with van der Waals surface area (Å²) in [5.41, 5.74) is 4.19. The topological polar surface area (TPSA) is 90.0 Å². The van der Waals surface area contributed by atoms with E-state index in [0.29, 0.717) is 5.69 Å². The minimum Gasteiger partial charge on any atom is -0.271 e. The number of anilines is 1. The number of benzene rings is 4. The van der Waals surface area contributed by atoms with Crippen molar-refractivity contribution in [1.29, 1.82) is 0 Å². The molecular formula is C24H20N4O2S. The highest BCUT2D eigenvalue weighted by Gasteiger charge is 2.16. The van der Waals surface area contributed by atoms with Crippen LogP contribution in [0.1, 0.15) is 5.69 Å². The van der Waals surface area contributed by atoms with E-state index in [-0.39, 0.29) is 0 Å². The van der Waals surface area contributed by atoms with E-state index >= 15 is 0 Å². The number of aryl methyl sites for hydroxylation is 1. The molecule has 0 aliphatic rings. The maximum Gasteiger partial charge on any atom is 0.296 e. The zero-order valence-corrected chi connectivity index (χ0v) is 17.6. The van der Waals surface area contributed by atoms with Crippen molar-refractivity contribution >= 4 is 37.4 Å². The second-order valence-corrected chi connectivity index (χ2v) is 8.76. The highest BCUT2D eigenvalue weighted by atomic mass is 32.2. The Balaban J connectivity index is 1.74. The molecule has 0 aliphatic heterocycles. The second-order valence-electron chi connectivity index (χ2n) is 7.47. The molecule has 0 fully saturated rings. The number of aromatic nitrogens is 2. The van der Waals surface area contributed by atoms with Crippen LogP contribution in [0, 0.1) is 6.92 Å². The smallest absolute Gasteiger partial charge is 0.271 e. The van der Waals surface area contributed by atoms with E-state index in [2.05, 4.69) is 41.1 Å². The molecule has 0 saturated heterocycles. The summed E-state index contributed by atoms with van der Waals surface area (Å²) in [5, 5.41) is 14.4. The Labute approximate surface area is 180 Å². The first-order valence-corrected chi connectivity index (χ1v) is 11.3. The fraction of sp³-hybridized carbons (Fsp3) is 0.0417. The van der Waals surface area contributed by atoms with Crippen LogP contribution in [0.15, 0.2) is 84.9 Å². The lowest BCUT2D eigenvalue weighted by atomic mass is 9.94. The largest absolute Gasteiger partial charge is 0.296 e. The van der Waals surface area contributed by atoms with Gasteiger partial charge in [-0.05, 0) is 64.9 Å². The van der Waals surface area contributed by atoms with E-state index in [1.165, 1.54) is 0 Å². The molecule has 0 unspecified atom stereocenters. The summed E-state index contributed by atoms with van der Waals surface area (Å²) in [6.07, 6.45) is 0. The quantitative estimate of drug-likeness (QED) is 0.404. The van der Waals surface area contributed by atoms with E-state index in [0.717, 1.165) is 44.2 Å². The first-order valence-electron chi connectivity index (χ1n) is 9.77. The number of hydrogen-bond acceptors (Lipinski definition) is 3. The van der Waals surface area contributed by atoms with Gasteiger partial charge in [-0.3, -0.25) is 4.72 Å². The molecule has 4 aromatic carbocycles. The van der Waals surface area contributed by atoms with Gasteiger partial charge in [-0.15, -0.1) is 0 Å². The van der Waals surface area contributed by atoms with Gasteiger partial charge in [0.25, 0.3) is 10.2 Å². The van der Waals surface area contributed by atoms with Crippen molar-refractivity contribution < 1.29 is 8.42 Å². The fourth-order valence-electron chi connectivity index (χ4n) is 4.00. The summed E-state index contributed by atoms with van der Waals surface area (Å²) < 4.78 is 26.8. The summed E-state index contributed by atoms with van der Waals surface area (Å²) in [6.45, 7) is 1.96. The third-order valence-corrected chi connectivity index (χ3v) is 5.75. The second kappa shape index (κ2) is 7.23. The van der Waals surface area contributed by atoms with E-state index in [1.54, 1.807) is 12.1 Å². The summed E-state index contributed by atoms with van der Waals surface area (Å²) in [5.74, 6) is 0. The van der Waals surface area contributed by atoms with Gasteiger partial charge in [-0.25, -0.2) is 9.82 Å². The molecule has 1 aromatic heterocycles. The van der Waals surface area contributed by atoms with E-state index in [1.807, 2.05) is 48.0 Å². The van der Waals surface area contributed by atoms with Gasteiger partial charge in [0.15, 0.2) is 0 Å². The van der Waals surface area contributed by atoms with Crippen LogP contribution in [-0.4, -0.2) is 18.2 Å². The fourth-order valence-corrected chi connectivity index (χ4v) is 4.46. The van der Waals surface area contributed by atoms with Crippen LogP contribution >= 0.6 is 0 Å². The van der Waals surface area contributed by atoms with Crippen molar-refractivity contribution in [3.05, 3.63) is 90.6 Å². The molecule has 3 N–H and O–H groups in total. The van der Waals surface area contributed by atoms with E-state index in [9.17, 15) is 8.42 Å². The number of fused-ring (bicyclic) bond motifs is 2. The molecule has 7 heteroatoms. The zero-order valence-electron chi connectivity index (χ0n) is 16.8. The molecule has 6 nitrogen and oxygen atoms in total. The van der Waals surface area contributed by atoms with Gasteiger partial charge in [0.1, 0.15) is 0 Å². The molecular weight excluding hydrogens is 408 g/mol. The molecule has 0 bridgehead atoms.